The summed E-state index contributed by atoms with van der Waals surface area (Å²) < 4.78 is 0. The van der Waals surface area contributed by atoms with Crippen LogP contribution < -0.4 is 0 Å². The quantitative estimate of drug-likeness (QED) is 0.785. The van der Waals surface area contributed by atoms with Gasteiger partial charge in [0.15, 0.2) is 0 Å². The molecule has 3 saturated carbocycles. The van der Waals surface area contributed by atoms with Crippen LogP contribution in [0.1, 0.15) is 65.2 Å². The molecule has 17 heavy (non-hydrogen) atoms. The van der Waals surface area contributed by atoms with Crippen LogP contribution in [-0.2, 0) is 0 Å². The van der Waals surface area contributed by atoms with Crippen molar-refractivity contribution in [3.8, 4) is 0 Å². The minimum absolute atomic E-state index is 0.0247. The van der Waals surface area contributed by atoms with Gasteiger partial charge in [-0.15, -0.1) is 0 Å². The van der Waals surface area contributed by atoms with E-state index < -0.39 is 0 Å². The van der Waals surface area contributed by atoms with Crippen molar-refractivity contribution in [2.24, 2.45) is 29.1 Å². The minimum atomic E-state index is 0.0247. The Morgan fingerprint density at radius 1 is 1.06 bits per heavy atom. The number of hydrogen-bond donors (Lipinski definition) is 1. The van der Waals surface area contributed by atoms with Crippen LogP contribution in [0, 0.1) is 29.1 Å². The Bertz CT molecular complexity index is 283. The third-order valence-corrected chi connectivity index (χ3v) is 6.52. The zero-order valence-corrected chi connectivity index (χ0v) is 11.5. The molecular weight excluding hydrogens is 208 g/mol. The van der Waals surface area contributed by atoms with Crippen molar-refractivity contribution in [3.05, 3.63) is 0 Å². The zero-order valence-electron chi connectivity index (χ0n) is 11.5. The molecule has 0 aromatic carbocycles. The summed E-state index contributed by atoms with van der Waals surface area (Å²) in [6.07, 6.45) is 10.8. The first-order valence-electron chi connectivity index (χ1n) is 7.77. The molecule has 0 saturated heterocycles. The highest BCUT2D eigenvalue weighted by atomic mass is 16.3. The molecule has 0 aliphatic heterocycles. The Morgan fingerprint density at radius 3 is 2.47 bits per heavy atom. The molecule has 0 heterocycles. The topological polar surface area (TPSA) is 20.2 Å². The maximum absolute atomic E-state index is 9.92. The molecule has 3 rings (SSSR count). The zero-order chi connectivity index (χ0) is 12.0. The summed E-state index contributed by atoms with van der Waals surface area (Å²) in [4.78, 5) is 0. The van der Waals surface area contributed by atoms with Crippen LogP contribution in [0.5, 0.6) is 0 Å². The van der Waals surface area contributed by atoms with E-state index in [-0.39, 0.29) is 6.10 Å². The molecule has 1 nitrogen and oxygen atoms in total. The van der Waals surface area contributed by atoms with Gasteiger partial charge in [-0.05, 0) is 74.0 Å². The van der Waals surface area contributed by atoms with E-state index in [0.717, 1.165) is 24.2 Å². The van der Waals surface area contributed by atoms with E-state index in [0.29, 0.717) is 11.3 Å². The first-order chi connectivity index (χ1) is 8.09. The fourth-order valence-corrected chi connectivity index (χ4v) is 5.32. The number of aliphatic hydroxyl groups excluding tert-OH is 1. The second kappa shape index (κ2) is 4.26. The standard InChI is InChI=1S/C16H28O/c1-16(2)13-8-6-12(10-13)14(16)9-7-11-4-3-5-15(11)17/h11-15,17H,3-10H2,1-2H3/t11-,12+,13-,14-,15-/m0/s1. The third kappa shape index (κ3) is 1.95. The fraction of sp³-hybridized carbons (Fsp3) is 1.00. The van der Waals surface area contributed by atoms with Crippen LogP contribution in [0.15, 0.2) is 0 Å². The van der Waals surface area contributed by atoms with Gasteiger partial charge in [0.2, 0.25) is 0 Å². The monoisotopic (exact) mass is 236 g/mol. The van der Waals surface area contributed by atoms with E-state index in [1.54, 1.807) is 0 Å². The largest absolute Gasteiger partial charge is 0.393 e. The summed E-state index contributed by atoms with van der Waals surface area (Å²) >= 11 is 0. The van der Waals surface area contributed by atoms with E-state index >= 15 is 0 Å². The Kier molecular flexibility index (Phi) is 3.01. The van der Waals surface area contributed by atoms with Crippen molar-refractivity contribution >= 4 is 0 Å². The highest BCUT2D eigenvalue weighted by Gasteiger charge is 2.52. The van der Waals surface area contributed by atoms with Crippen LogP contribution in [0.25, 0.3) is 0 Å². The molecular formula is C16H28O. The van der Waals surface area contributed by atoms with Gasteiger partial charge in [-0.3, -0.25) is 0 Å². The molecule has 3 fully saturated rings. The van der Waals surface area contributed by atoms with E-state index in [9.17, 15) is 5.11 Å². The summed E-state index contributed by atoms with van der Waals surface area (Å²) in [5.74, 6) is 3.61. The lowest BCUT2D eigenvalue weighted by Crippen LogP contribution is -2.31. The predicted octanol–water partition coefficient (Wildman–Crippen LogP) is 4.00. The van der Waals surface area contributed by atoms with Gasteiger partial charge >= 0.3 is 0 Å². The lowest BCUT2D eigenvalue weighted by atomic mass is 9.66. The maximum atomic E-state index is 9.92. The SMILES string of the molecule is CC1(C)[C@H]2CC[C@H](C2)[C@@H]1CC[C@@H]1CCC[C@@H]1O. The molecule has 0 radical (unpaired) electrons. The molecule has 0 aromatic rings. The third-order valence-electron chi connectivity index (χ3n) is 6.52. The number of hydrogen-bond acceptors (Lipinski definition) is 1. The van der Waals surface area contributed by atoms with Gasteiger partial charge in [-0.1, -0.05) is 20.3 Å². The molecule has 0 unspecified atom stereocenters. The van der Waals surface area contributed by atoms with Crippen molar-refractivity contribution in [1.29, 1.82) is 0 Å². The molecule has 1 N–H and O–H groups in total. The predicted molar refractivity (Wildman–Crippen MR) is 70.7 cm³/mol. The Labute approximate surface area is 106 Å². The van der Waals surface area contributed by atoms with Gasteiger partial charge < -0.3 is 5.11 Å². The van der Waals surface area contributed by atoms with Gasteiger partial charge in [0.1, 0.15) is 0 Å². The molecule has 3 aliphatic rings. The average Bonchev–Trinajstić information content (AvgIpc) is 2.92. The van der Waals surface area contributed by atoms with Crippen molar-refractivity contribution in [2.45, 2.75) is 71.3 Å². The van der Waals surface area contributed by atoms with E-state index in [1.807, 2.05) is 0 Å². The van der Waals surface area contributed by atoms with E-state index in [2.05, 4.69) is 13.8 Å². The summed E-state index contributed by atoms with van der Waals surface area (Å²) in [6.45, 7) is 5.01. The van der Waals surface area contributed by atoms with Crippen molar-refractivity contribution in [3.63, 3.8) is 0 Å². The Balaban J connectivity index is 1.58. The van der Waals surface area contributed by atoms with Crippen LogP contribution in [0.2, 0.25) is 0 Å². The fourth-order valence-electron chi connectivity index (χ4n) is 5.32. The van der Waals surface area contributed by atoms with Crippen LogP contribution in [-0.4, -0.2) is 11.2 Å². The molecule has 5 atom stereocenters. The first-order valence-corrected chi connectivity index (χ1v) is 7.77. The highest BCUT2D eigenvalue weighted by molar-refractivity contribution is 5.01. The highest BCUT2D eigenvalue weighted by Crippen LogP contribution is 2.60. The molecule has 0 amide bonds. The van der Waals surface area contributed by atoms with Crippen molar-refractivity contribution < 1.29 is 5.11 Å². The normalized spacial score (nSPS) is 47.8. The molecule has 3 aliphatic carbocycles. The lowest BCUT2D eigenvalue weighted by molar-refractivity contribution is 0.0860. The first kappa shape index (κ1) is 12.0. The smallest absolute Gasteiger partial charge is 0.0568 e. The summed E-state index contributed by atoms with van der Waals surface area (Å²) in [5.41, 5.74) is 0.590. The Hall–Kier alpha value is -0.0400. The van der Waals surface area contributed by atoms with E-state index in [4.69, 9.17) is 0 Å². The Morgan fingerprint density at radius 2 is 1.88 bits per heavy atom. The van der Waals surface area contributed by atoms with Crippen molar-refractivity contribution in [2.75, 3.05) is 0 Å². The van der Waals surface area contributed by atoms with E-state index in [1.165, 1.54) is 44.9 Å². The summed E-state index contributed by atoms with van der Waals surface area (Å²) in [6, 6.07) is 0. The lowest BCUT2D eigenvalue weighted by Gasteiger charge is -2.39. The van der Waals surface area contributed by atoms with Gasteiger partial charge in [0.05, 0.1) is 6.10 Å². The maximum Gasteiger partial charge on any atom is 0.0568 e. The second-order valence-corrected chi connectivity index (χ2v) is 7.53. The molecule has 98 valence electrons. The van der Waals surface area contributed by atoms with Gasteiger partial charge in [-0.25, -0.2) is 0 Å². The second-order valence-electron chi connectivity index (χ2n) is 7.53. The minimum Gasteiger partial charge on any atom is -0.393 e. The van der Waals surface area contributed by atoms with Gasteiger partial charge in [-0.2, -0.15) is 0 Å². The molecule has 2 bridgehead atoms. The van der Waals surface area contributed by atoms with Gasteiger partial charge in [0.25, 0.3) is 0 Å². The van der Waals surface area contributed by atoms with Gasteiger partial charge in [0, 0.05) is 0 Å². The van der Waals surface area contributed by atoms with Crippen LogP contribution in [0.3, 0.4) is 0 Å². The number of rotatable bonds is 3. The van der Waals surface area contributed by atoms with Crippen LogP contribution in [0.4, 0.5) is 0 Å². The van der Waals surface area contributed by atoms with Crippen LogP contribution >= 0.6 is 0 Å². The summed E-state index contributed by atoms with van der Waals surface area (Å²) in [5, 5.41) is 9.92. The summed E-state index contributed by atoms with van der Waals surface area (Å²) in [7, 11) is 0. The molecule has 0 spiro atoms. The molecule has 0 aromatic heterocycles. The molecule has 1 heteroatoms. The number of fused-ring (bicyclic) bond motifs is 2. The van der Waals surface area contributed by atoms with Crippen molar-refractivity contribution in [1.82, 2.24) is 0 Å². The average molecular weight is 236 g/mol. The number of aliphatic hydroxyl groups is 1.